The molecule has 0 spiro atoms. The standard InChI is InChI=1S/C10H15N/c11-7-10-6-8-2-1-3-9(10)5-4-8/h8-10H,1-6H2. The van der Waals surface area contributed by atoms with E-state index >= 15 is 0 Å². The number of fused-ring (bicyclic) bond motifs is 4. The lowest BCUT2D eigenvalue weighted by Gasteiger charge is -2.27. The van der Waals surface area contributed by atoms with Crippen LogP contribution in [-0.2, 0) is 0 Å². The second-order valence-corrected chi connectivity index (χ2v) is 4.11. The van der Waals surface area contributed by atoms with Crippen LogP contribution in [-0.4, -0.2) is 0 Å². The van der Waals surface area contributed by atoms with Crippen LogP contribution in [0, 0.1) is 29.1 Å². The van der Waals surface area contributed by atoms with Crippen molar-refractivity contribution in [2.45, 2.75) is 38.5 Å². The fourth-order valence-corrected chi connectivity index (χ4v) is 2.75. The highest BCUT2D eigenvalue weighted by atomic mass is 14.4. The molecule has 0 aromatic heterocycles. The third kappa shape index (κ3) is 1.27. The van der Waals surface area contributed by atoms with Crippen LogP contribution in [0.15, 0.2) is 0 Å². The van der Waals surface area contributed by atoms with Gasteiger partial charge in [0.05, 0.1) is 6.07 Å². The Balaban J connectivity index is 2.11. The van der Waals surface area contributed by atoms with Gasteiger partial charge in [0, 0.05) is 5.92 Å². The zero-order chi connectivity index (χ0) is 7.68. The van der Waals surface area contributed by atoms with Crippen LogP contribution in [0.25, 0.3) is 0 Å². The molecule has 0 amide bonds. The lowest BCUT2D eigenvalue weighted by atomic mass is 9.76. The van der Waals surface area contributed by atoms with Crippen molar-refractivity contribution in [2.24, 2.45) is 17.8 Å². The molecule has 1 nitrogen and oxygen atoms in total. The van der Waals surface area contributed by atoms with E-state index in [1.165, 1.54) is 38.5 Å². The molecular formula is C10H15N. The summed E-state index contributed by atoms with van der Waals surface area (Å²) in [6, 6.07) is 2.48. The van der Waals surface area contributed by atoms with Gasteiger partial charge in [-0.1, -0.05) is 19.3 Å². The Morgan fingerprint density at radius 3 is 2.82 bits per heavy atom. The Morgan fingerprint density at radius 1 is 1.09 bits per heavy atom. The summed E-state index contributed by atoms with van der Waals surface area (Å²) in [5, 5.41) is 8.89. The van der Waals surface area contributed by atoms with Crippen molar-refractivity contribution in [1.29, 1.82) is 5.26 Å². The number of rotatable bonds is 0. The lowest BCUT2D eigenvalue weighted by Crippen LogP contribution is -2.19. The summed E-state index contributed by atoms with van der Waals surface area (Å²) >= 11 is 0. The van der Waals surface area contributed by atoms with E-state index in [-0.39, 0.29) is 0 Å². The maximum Gasteiger partial charge on any atom is 0.0658 e. The summed E-state index contributed by atoms with van der Waals surface area (Å²) in [5.41, 5.74) is 0. The zero-order valence-electron chi connectivity index (χ0n) is 6.92. The first kappa shape index (κ1) is 7.16. The van der Waals surface area contributed by atoms with E-state index in [4.69, 9.17) is 5.26 Å². The average molecular weight is 149 g/mol. The molecule has 0 aromatic carbocycles. The van der Waals surface area contributed by atoms with Crippen LogP contribution in [0.4, 0.5) is 0 Å². The third-order valence-corrected chi connectivity index (χ3v) is 3.46. The first-order valence-corrected chi connectivity index (χ1v) is 4.80. The molecule has 0 heterocycles. The minimum Gasteiger partial charge on any atom is -0.198 e. The van der Waals surface area contributed by atoms with Crippen LogP contribution in [0.5, 0.6) is 0 Å². The van der Waals surface area contributed by atoms with Gasteiger partial charge >= 0.3 is 0 Å². The van der Waals surface area contributed by atoms with Crippen molar-refractivity contribution in [3.05, 3.63) is 0 Å². The Labute approximate surface area is 68.4 Å². The Morgan fingerprint density at radius 2 is 2.00 bits per heavy atom. The highest BCUT2D eigenvalue weighted by Crippen LogP contribution is 2.42. The van der Waals surface area contributed by atoms with Gasteiger partial charge in [-0.15, -0.1) is 0 Å². The van der Waals surface area contributed by atoms with Crippen molar-refractivity contribution in [2.75, 3.05) is 0 Å². The van der Waals surface area contributed by atoms with Gasteiger partial charge in [-0.2, -0.15) is 5.26 Å². The first-order valence-electron chi connectivity index (χ1n) is 4.80. The number of hydrogen-bond donors (Lipinski definition) is 0. The predicted octanol–water partition coefficient (Wildman–Crippen LogP) is 2.73. The topological polar surface area (TPSA) is 23.8 Å². The predicted molar refractivity (Wildman–Crippen MR) is 43.8 cm³/mol. The van der Waals surface area contributed by atoms with Gasteiger partial charge in [0.25, 0.3) is 0 Å². The van der Waals surface area contributed by atoms with Crippen LogP contribution in [0.3, 0.4) is 0 Å². The molecule has 3 fully saturated rings. The molecule has 0 saturated heterocycles. The second-order valence-electron chi connectivity index (χ2n) is 4.11. The highest BCUT2D eigenvalue weighted by molar-refractivity contribution is 4.94. The van der Waals surface area contributed by atoms with Crippen molar-refractivity contribution in [1.82, 2.24) is 0 Å². The first-order chi connectivity index (χ1) is 5.40. The van der Waals surface area contributed by atoms with E-state index < -0.39 is 0 Å². The van der Waals surface area contributed by atoms with E-state index in [2.05, 4.69) is 6.07 Å². The number of nitrogens with zero attached hydrogens (tertiary/aromatic N) is 1. The van der Waals surface area contributed by atoms with Crippen LogP contribution in [0.1, 0.15) is 38.5 Å². The summed E-state index contributed by atoms with van der Waals surface area (Å²) < 4.78 is 0. The SMILES string of the molecule is N#CC1CC2CCCC1CC2. The molecule has 11 heavy (non-hydrogen) atoms. The lowest BCUT2D eigenvalue weighted by molar-refractivity contribution is 0.249. The Kier molecular flexibility index (Phi) is 1.85. The Hall–Kier alpha value is -0.510. The molecular weight excluding hydrogens is 134 g/mol. The highest BCUT2D eigenvalue weighted by Gasteiger charge is 2.32. The van der Waals surface area contributed by atoms with Gasteiger partial charge in [-0.3, -0.25) is 0 Å². The molecule has 3 atom stereocenters. The van der Waals surface area contributed by atoms with Crippen molar-refractivity contribution in [3.63, 3.8) is 0 Å². The van der Waals surface area contributed by atoms with Crippen molar-refractivity contribution >= 4 is 0 Å². The minimum atomic E-state index is 0.413. The molecule has 60 valence electrons. The second kappa shape index (κ2) is 2.85. The fraction of sp³-hybridized carbons (Fsp3) is 0.900. The number of nitriles is 1. The molecule has 1 heteroatoms. The van der Waals surface area contributed by atoms with Crippen LogP contribution < -0.4 is 0 Å². The summed E-state index contributed by atoms with van der Waals surface area (Å²) in [4.78, 5) is 0. The smallest absolute Gasteiger partial charge is 0.0658 e. The third-order valence-electron chi connectivity index (χ3n) is 3.46. The molecule has 0 aliphatic heterocycles. The van der Waals surface area contributed by atoms with Gasteiger partial charge in [-0.25, -0.2) is 0 Å². The summed E-state index contributed by atoms with van der Waals surface area (Å²) in [6.45, 7) is 0. The normalized spacial score (nSPS) is 43.0. The largest absolute Gasteiger partial charge is 0.198 e. The van der Waals surface area contributed by atoms with Gasteiger partial charge < -0.3 is 0 Å². The quantitative estimate of drug-likeness (QED) is 0.519. The van der Waals surface area contributed by atoms with E-state index in [9.17, 15) is 0 Å². The molecule has 2 bridgehead atoms. The van der Waals surface area contributed by atoms with Crippen molar-refractivity contribution < 1.29 is 0 Å². The van der Waals surface area contributed by atoms with E-state index in [0.29, 0.717) is 5.92 Å². The zero-order valence-corrected chi connectivity index (χ0v) is 6.92. The maximum absolute atomic E-state index is 8.89. The molecule has 3 rings (SSSR count). The molecule has 0 aromatic rings. The van der Waals surface area contributed by atoms with Gasteiger partial charge in [-0.05, 0) is 31.1 Å². The molecule has 0 radical (unpaired) electrons. The molecule has 3 aliphatic carbocycles. The van der Waals surface area contributed by atoms with Crippen molar-refractivity contribution in [3.8, 4) is 6.07 Å². The molecule has 0 N–H and O–H groups in total. The van der Waals surface area contributed by atoms with Gasteiger partial charge in [0.15, 0.2) is 0 Å². The Bertz CT molecular complexity index is 176. The summed E-state index contributed by atoms with van der Waals surface area (Å²) in [7, 11) is 0. The monoisotopic (exact) mass is 149 g/mol. The summed E-state index contributed by atoms with van der Waals surface area (Å²) in [5.74, 6) is 2.08. The fourth-order valence-electron chi connectivity index (χ4n) is 2.75. The van der Waals surface area contributed by atoms with Gasteiger partial charge in [0.1, 0.15) is 0 Å². The van der Waals surface area contributed by atoms with E-state index in [0.717, 1.165) is 11.8 Å². The van der Waals surface area contributed by atoms with E-state index in [1.54, 1.807) is 0 Å². The van der Waals surface area contributed by atoms with E-state index in [1.807, 2.05) is 0 Å². The maximum atomic E-state index is 8.89. The average Bonchev–Trinajstić information content (AvgIpc) is 2.37. The van der Waals surface area contributed by atoms with Crippen LogP contribution >= 0.6 is 0 Å². The van der Waals surface area contributed by atoms with Crippen LogP contribution in [0.2, 0.25) is 0 Å². The molecule has 3 aliphatic rings. The van der Waals surface area contributed by atoms with Gasteiger partial charge in [0.2, 0.25) is 0 Å². The molecule has 3 saturated carbocycles. The summed E-state index contributed by atoms with van der Waals surface area (Å²) in [6.07, 6.45) is 8.06. The molecule has 3 unspecified atom stereocenters. The minimum absolute atomic E-state index is 0.413. The number of hydrogen-bond acceptors (Lipinski definition) is 1.